The number of hydrogen-bond acceptors (Lipinski definition) is 5. The van der Waals surface area contributed by atoms with Gasteiger partial charge in [-0.05, 0) is 57.8 Å². The number of ether oxygens (including phenoxy) is 1. The Balaban J connectivity index is 4.71. The van der Waals surface area contributed by atoms with E-state index in [1.54, 1.807) is 0 Å². The van der Waals surface area contributed by atoms with Gasteiger partial charge in [0.15, 0.2) is 0 Å². The zero-order chi connectivity index (χ0) is 43.8. The van der Waals surface area contributed by atoms with Gasteiger partial charge < -0.3 is 20.3 Å². The van der Waals surface area contributed by atoms with Crippen LogP contribution in [-0.2, 0) is 14.3 Å². The highest BCUT2D eigenvalue weighted by Gasteiger charge is 2.24. The SMILES string of the molecule is CC\C=C/C=C/C=C/C=C\C=C\C=C\CCCC(CC(=O)NC(CO)C(O)CCCCCCCCCCCCCCCCC)OC(=O)CCCCCCC/C=C\CCCC. The first-order chi connectivity index (χ1) is 29.5. The van der Waals surface area contributed by atoms with Crippen molar-refractivity contribution in [3.63, 3.8) is 0 Å². The van der Waals surface area contributed by atoms with Crippen molar-refractivity contribution in [2.75, 3.05) is 6.61 Å². The van der Waals surface area contributed by atoms with Crippen molar-refractivity contribution in [3.8, 4) is 0 Å². The number of amides is 1. The minimum Gasteiger partial charge on any atom is -0.462 e. The summed E-state index contributed by atoms with van der Waals surface area (Å²) in [5, 5.41) is 23.7. The maximum atomic E-state index is 13.2. The van der Waals surface area contributed by atoms with Crippen LogP contribution in [0.4, 0.5) is 0 Å². The molecule has 0 aromatic rings. The van der Waals surface area contributed by atoms with Crippen LogP contribution in [0.5, 0.6) is 0 Å². The van der Waals surface area contributed by atoms with Crippen LogP contribution < -0.4 is 5.32 Å². The molecule has 0 aliphatic rings. The molecule has 0 saturated heterocycles. The Bertz CT molecular complexity index is 1160. The molecule has 0 aromatic heterocycles. The van der Waals surface area contributed by atoms with Crippen LogP contribution in [0, 0.1) is 0 Å². The predicted octanol–water partition coefficient (Wildman–Crippen LogP) is 14.8. The number of aliphatic hydroxyl groups is 2. The van der Waals surface area contributed by atoms with E-state index < -0.39 is 18.2 Å². The highest BCUT2D eigenvalue weighted by molar-refractivity contribution is 5.77. The van der Waals surface area contributed by atoms with Gasteiger partial charge in [0.05, 0.1) is 25.2 Å². The van der Waals surface area contributed by atoms with Crippen molar-refractivity contribution >= 4 is 11.9 Å². The van der Waals surface area contributed by atoms with Crippen LogP contribution in [0.3, 0.4) is 0 Å². The van der Waals surface area contributed by atoms with Gasteiger partial charge in [0, 0.05) is 6.42 Å². The number of allylic oxidation sites excluding steroid dienone is 14. The number of unbranched alkanes of at least 4 members (excludes halogenated alkanes) is 22. The van der Waals surface area contributed by atoms with Crippen LogP contribution in [0.15, 0.2) is 85.1 Å². The normalized spacial score (nSPS) is 14.0. The summed E-state index contributed by atoms with van der Waals surface area (Å²) in [6, 6.07) is -0.731. The molecular weight excluding hydrogens is 743 g/mol. The minimum atomic E-state index is -0.812. The third-order valence-corrected chi connectivity index (χ3v) is 10.9. The lowest BCUT2D eigenvalue weighted by molar-refractivity contribution is -0.151. The maximum absolute atomic E-state index is 13.2. The maximum Gasteiger partial charge on any atom is 0.306 e. The zero-order valence-electron chi connectivity index (χ0n) is 39.1. The molecule has 3 atom stereocenters. The molecular formula is C54H93NO5. The van der Waals surface area contributed by atoms with Crippen molar-refractivity contribution in [2.45, 2.75) is 238 Å². The lowest BCUT2D eigenvalue weighted by Crippen LogP contribution is -2.46. The number of hydrogen-bond donors (Lipinski definition) is 3. The van der Waals surface area contributed by atoms with Crippen molar-refractivity contribution in [2.24, 2.45) is 0 Å². The molecule has 1 amide bonds. The smallest absolute Gasteiger partial charge is 0.306 e. The monoisotopic (exact) mass is 836 g/mol. The minimum absolute atomic E-state index is 0.0195. The summed E-state index contributed by atoms with van der Waals surface area (Å²) in [5.74, 6) is -0.566. The first-order valence-electron chi connectivity index (χ1n) is 24.9. The lowest BCUT2D eigenvalue weighted by Gasteiger charge is -2.24. The Labute approximate surface area is 370 Å². The fourth-order valence-electron chi connectivity index (χ4n) is 7.10. The van der Waals surface area contributed by atoms with E-state index in [-0.39, 0.29) is 24.9 Å². The second kappa shape index (κ2) is 47.1. The lowest BCUT2D eigenvalue weighted by atomic mass is 10.0. The second-order valence-corrected chi connectivity index (χ2v) is 16.6. The van der Waals surface area contributed by atoms with Crippen LogP contribution in [-0.4, -0.2) is 46.9 Å². The first-order valence-corrected chi connectivity index (χ1v) is 24.9. The zero-order valence-corrected chi connectivity index (χ0v) is 39.1. The van der Waals surface area contributed by atoms with Gasteiger partial charge in [-0.3, -0.25) is 9.59 Å². The molecule has 0 aliphatic carbocycles. The van der Waals surface area contributed by atoms with E-state index in [2.05, 4.69) is 50.4 Å². The van der Waals surface area contributed by atoms with Crippen LogP contribution in [0.2, 0.25) is 0 Å². The molecule has 0 fully saturated rings. The molecule has 344 valence electrons. The largest absolute Gasteiger partial charge is 0.462 e. The molecule has 0 heterocycles. The summed E-state index contributed by atoms with van der Waals surface area (Å²) >= 11 is 0. The summed E-state index contributed by atoms with van der Waals surface area (Å²) in [4.78, 5) is 26.0. The van der Waals surface area contributed by atoms with Gasteiger partial charge in [-0.1, -0.05) is 234 Å². The van der Waals surface area contributed by atoms with Gasteiger partial charge in [0.25, 0.3) is 0 Å². The molecule has 0 aromatic carbocycles. The molecule has 0 aliphatic heterocycles. The molecule has 0 bridgehead atoms. The quantitative estimate of drug-likeness (QED) is 0.0246. The molecule has 3 N–H and O–H groups in total. The fourth-order valence-corrected chi connectivity index (χ4v) is 7.10. The summed E-state index contributed by atoms with van der Waals surface area (Å²) in [7, 11) is 0. The van der Waals surface area contributed by atoms with Crippen LogP contribution in [0.25, 0.3) is 0 Å². The van der Waals surface area contributed by atoms with E-state index >= 15 is 0 Å². The van der Waals surface area contributed by atoms with Crippen molar-refractivity contribution in [1.82, 2.24) is 5.32 Å². The third kappa shape index (κ3) is 41.8. The highest BCUT2D eigenvalue weighted by atomic mass is 16.5. The molecule has 6 heteroatoms. The van der Waals surface area contributed by atoms with E-state index in [9.17, 15) is 19.8 Å². The number of carbonyl (C=O) groups excluding carboxylic acids is 2. The Morgan fingerprint density at radius 1 is 0.500 bits per heavy atom. The summed E-state index contributed by atoms with van der Waals surface area (Å²) in [5.41, 5.74) is 0. The van der Waals surface area contributed by atoms with Crippen molar-refractivity contribution in [3.05, 3.63) is 85.1 Å². The van der Waals surface area contributed by atoms with E-state index in [1.165, 1.54) is 103 Å². The Kier molecular flexibility index (Phi) is 44.8. The highest BCUT2D eigenvalue weighted by Crippen LogP contribution is 2.17. The number of esters is 1. The average Bonchev–Trinajstić information content (AvgIpc) is 3.24. The van der Waals surface area contributed by atoms with Crippen LogP contribution >= 0.6 is 0 Å². The van der Waals surface area contributed by atoms with E-state index in [1.807, 2.05) is 60.8 Å². The first kappa shape index (κ1) is 57.0. The molecule has 60 heavy (non-hydrogen) atoms. The van der Waals surface area contributed by atoms with Gasteiger partial charge in [-0.15, -0.1) is 0 Å². The van der Waals surface area contributed by atoms with E-state index in [4.69, 9.17) is 4.74 Å². The van der Waals surface area contributed by atoms with Gasteiger partial charge >= 0.3 is 5.97 Å². The summed E-state index contributed by atoms with van der Waals surface area (Å²) < 4.78 is 5.87. The van der Waals surface area contributed by atoms with E-state index in [0.29, 0.717) is 19.3 Å². The van der Waals surface area contributed by atoms with Crippen molar-refractivity contribution in [1.29, 1.82) is 0 Å². The predicted molar refractivity (Wildman–Crippen MR) is 259 cm³/mol. The summed E-state index contributed by atoms with van der Waals surface area (Å²) in [6.45, 7) is 6.27. The Hall–Kier alpha value is -2.96. The number of aliphatic hydroxyl groups excluding tert-OH is 2. The summed E-state index contributed by atoms with van der Waals surface area (Å²) in [6.07, 6.45) is 60.7. The molecule has 3 unspecified atom stereocenters. The third-order valence-electron chi connectivity index (χ3n) is 10.9. The van der Waals surface area contributed by atoms with Gasteiger partial charge in [0.2, 0.25) is 5.91 Å². The number of carbonyl (C=O) groups is 2. The van der Waals surface area contributed by atoms with Crippen molar-refractivity contribution < 1.29 is 24.5 Å². The fraction of sp³-hybridized carbons (Fsp3) is 0.704. The number of nitrogens with one attached hydrogen (secondary N) is 1. The number of rotatable bonds is 43. The van der Waals surface area contributed by atoms with Gasteiger partial charge in [0.1, 0.15) is 6.10 Å². The second-order valence-electron chi connectivity index (χ2n) is 16.6. The van der Waals surface area contributed by atoms with Gasteiger partial charge in [-0.25, -0.2) is 0 Å². The molecule has 0 rings (SSSR count). The topological polar surface area (TPSA) is 95.9 Å². The Morgan fingerprint density at radius 2 is 0.950 bits per heavy atom. The van der Waals surface area contributed by atoms with E-state index in [0.717, 1.165) is 70.6 Å². The van der Waals surface area contributed by atoms with Crippen LogP contribution in [0.1, 0.15) is 220 Å². The standard InChI is InChI=1S/C54H93NO5/c1-4-7-10-13-16-19-22-24-26-28-31-33-36-39-42-45-50(60-54(59)47-44-41-38-35-30-21-18-15-12-9-6-3)48-53(58)55-51(49-56)52(57)46-43-40-37-34-32-29-27-25-23-20-17-14-11-8-5-2/h7,10,13,15-16,18-19,22,24,26,28,31,33,36,50-52,56-57H,4-6,8-9,11-12,14,17,20-21,23,25,27,29-30,32,34-35,37-49H2,1-3H3,(H,55,58)/b10-7-,16-13+,18-15-,22-19+,26-24-,31-28+,36-33+. The molecule has 0 radical (unpaired) electrons. The molecule has 6 nitrogen and oxygen atoms in total. The Morgan fingerprint density at radius 3 is 1.48 bits per heavy atom. The van der Waals surface area contributed by atoms with Gasteiger partial charge in [-0.2, -0.15) is 0 Å². The average molecular weight is 836 g/mol. The molecule has 0 saturated carbocycles. The molecule has 0 spiro atoms.